The van der Waals surface area contributed by atoms with E-state index in [1.807, 2.05) is 0 Å². The fourth-order valence-corrected chi connectivity index (χ4v) is 3.48. The first-order valence-electron chi connectivity index (χ1n) is 6.72. The number of rotatable bonds is 4. The van der Waals surface area contributed by atoms with Gasteiger partial charge in [-0.15, -0.1) is 11.6 Å². The number of aryl methyl sites for hydroxylation is 3. The van der Waals surface area contributed by atoms with Crippen LogP contribution in [-0.4, -0.2) is 15.4 Å². The Hall–Kier alpha value is -1.32. The predicted octanol–water partition coefficient (Wildman–Crippen LogP) is 4.54. The molecule has 3 aromatic rings. The normalized spacial score (nSPS) is 11.3. The minimum atomic E-state index is 0.602. The summed E-state index contributed by atoms with van der Waals surface area (Å²) in [5.41, 5.74) is 6.22. The average Bonchev–Trinajstić information content (AvgIpc) is 2.96. The summed E-state index contributed by atoms with van der Waals surface area (Å²) in [6.45, 7) is 5.14. The number of benzene rings is 1. The smallest absolute Gasteiger partial charge is 0.111 e. The molecule has 0 aliphatic heterocycles. The average molecular weight is 305 g/mol. The number of halogens is 1. The van der Waals surface area contributed by atoms with Crippen molar-refractivity contribution in [1.29, 1.82) is 0 Å². The van der Waals surface area contributed by atoms with Crippen molar-refractivity contribution in [3.05, 3.63) is 51.5 Å². The lowest BCUT2D eigenvalue weighted by molar-refractivity contribution is 0.753. The molecule has 0 aliphatic carbocycles. The Labute approximate surface area is 128 Å². The van der Waals surface area contributed by atoms with Crippen molar-refractivity contribution >= 4 is 34.0 Å². The predicted molar refractivity (Wildman–Crippen MR) is 87.1 cm³/mol. The van der Waals surface area contributed by atoms with Gasteiger partial charge in [-0.2, -0.15) is 11.3 Å². The van der Waals surface area contributed by atoms with Gasteiger partial charge in [-0.1, -0.05) is 6.07 Å². The highest BCUT2D eigenvalue weighted by Crippen LogP contribution is 2.22. The summed E-state index contributed by atoms with van der Waals surface area (Å²) in [5, 5.41) is 4.42. The molecule has 0 radical (unpaired) electrons. The first kappa shape index (κ1) is 13.7. The van der Waals surface area contributed by atoms with Crippen molar-refractivity contribution in [3.8, 4) is 0 Å². The van der Waals surface area contributed by atoms with E-state index >= 15 is 0 Å². The third kappa shape index (κ3) is 2.48. The molecule has 0 atom stereocenters. The van der Waals surface area contributed by atoms with E-state index in [-0.39, 0.29) is 0 Å². The summed E-state index contributed by atoms with van der Waals surface area (Å²) in [4.78, 5) is 4.76. The lowest BCUT2D eigenvalue weighted by Crippen LogP contribution is -2.06. The van der Waals surface area contributed by atoms with E-state index in [9.17, 15) is 0 Å². The maximum Gasteiger partial charge on any atom is 0.111 e. The highest BCUT2D eigenvalue weighted by molar-refractivity contribution is 7.08. The van der Waals surface area contributed by atoms with Gasteiger partial charge in [0.15, 0.2) is 0 Å². The van der Waals surface area contributed by atoms with Crippen LogP contribution in [0.3, 0.4) is 0 Å². The summed E-state index contributed by atoms with van der Waals surface area (Å²) >= 11 is 7.68. The van der Waals surface area contributed by atoms with E-state index in [1.54, 1.807) is 11.3 Å². The molecular weight excluding hydrogens is 288 g/mol. The highest BCUT2D eigenvalue weighted by Gasteiger charge is 2.12. The third-order valence-corrected chi connectivity index (χ3v) is 4.69. The van der Waals surface area contributed by atoms with Crippen LogP contribution in [0.2, 0.25) is 0 Å². The van der Waals surface area contributed by atoms with Gasteiger partial charge in [0.05, 0.1) is 17.6 Å². The minimum absolute atomic E-state index is 0.602. The van der Waals surface area contributed by atoms with E-state index in [4.69, 9.17) is 16.6 Å². The van der Waals surface area contributed by atoms with E-state index in [0.29, 0.717) is 5.88 Å². The van der Waals surface area contributed by atoms with Crippen LogP contribution in [0.5, 0.6) is 0 Å². The largest absolute Gasteiger partial charge is 0.323 e. The van der Waals surface area contributed by atoms with Gasteiger partial charge in [0.1, 0.15) is 5.82 Å². The van der Waals surface area contributed by atoms with Crippen molar-refractivity contribution in [1.82, 2.24) is 9.55 Å². The third-order valence-electron chi connectivity index (χ3n) is 3.59. The number of hydrogen-bond donors (Lipinski definition) is 0. The van der Waals surface area contributed by atoms with E-state index < -0.39 is 0 Å². The van der Waals surface area contributed by atoms with Crippen LogP contribution >= 0.6 is 22.9 Å². The van der Waals surface area contributed by atoms with Gasteiger partial charge in [-0.3, -0.25) is 0 Å². The van der Waals surface area contributed by atoms with Gasteiger partial charge in [0, 0.05) is 12.3 Å². The summed E-state index contributed by atoms with van der Waals surface area (Å²) in [6, 6.07) is 6.45. The Morgan fingerprint density at radius 1 is 1.25 bits per heavy atom. The van der Waals surface area contributed by atoms with Gasteiger partial charge in [-0.25, -0.2) is 4.98 Å². The van der Waals surface area contributed by atoms with Crippen molar-refractivity contribution in [3.63, 3.8) is 0 Å². The van der Waals surface area contributed by atoms with Crippen LogP contribution < -0.4 is 0 Å². The molecule has 0 spiro atoms. The zero-order chi connectivity index (χ0) is 14.1. The van der Waals surface area contributed by atoms with Crippen LogP contribution in [0, 0.1) is 13.8 Å². The second kappa shape index (κ2) is 5.58. The molecule has 0 aliphatic rings. The number of nitrogens with zero attached hydrogens (tertiary/aromatic N) is 2. The molecule has 2 heterocycles. The van der Waals surface area contributed by atoms with Gasteiger partial charge in [0.2, 0.25) is 0 Å². The molecule has 4 heteroatoms. The SMILES string of the molecule is Cc1ccc2c(c1)nc(CCCl)n2Cc1cscc1C. The quantitative estimate of drug-likeness (QED) is 0.647. The maximum absolute atomic E-state index is 5.93. The Balaban J connectivity index is 2.11. The lowest BCUT2D eigenvalue weighted by atomic mass is 10.2. The van der Waals surface area contributed by atoms with Crippen molar-refractivity contribution in [2.45, 2.75) is 26.8 Å². The van der Waals surface area contributed by atoms with E-state index in [1.165, 1.54) is 22.2 Å². The Morgan fingerprint density at radius 3 is 2.80 bits per heavy atom. The Kier molecular flexibility index (Phi) is 3.81. The molecule has 0 amide bonds. The highest BCUT2D eigenvalue weighted by atomic mass is 35.5. The molecule has 0 saturated heterocycles. The second-order valence-electron chi connectivity index (χ2n) is 5.13. The number of aromatic nitrogens is 2. The first-order chi connectivity index (χ1) is 9.69. The van der Waals surface area contributed by atoms with Gasteiger partial charge < -0.3 is 4.57 Å². The summed E-state index contributed by atoms with van der Waals surface area (Å²) in [6.07, 6.45) is 0.804. The molecule has 1 aromatic carbocycles. The molecule has 0 fully saturated rings. The van der Waals surface area contributed by atoms with Crippen molar-refractivity contribution < 1.29 is 0 Å². The van der Waals surface area contributed by atoms with Gasteiger partial charge >= 0.3 is 0 Å². The summed E-state index contributed by atoms with van der Waals surface area (Å²) in [7, 11) is 0. The molecule has 0 bridgehead atoms. The molecule has 0 saturated carbocycles. The van der Waals surface area contributed by atoms with Gasteiger partial charge in [-0.05, 0) is 53.4 Å². The zero-order valence-electron chi connectivity index (χ0n) is 11.7. The molecule has 104 valence electrons. The standard InChI is InChI=1S/C16H17ClN2S/c1-11-3-4-15-14(7-11)18-16(5-6-17)19(15)8-13-10-20-9-12(13)2/h3-4,7,9-10H,5-6,8H2,1-2H3. The van der Waals surface area contributed by atoms with E-state index in [0.717, 1.165) is 24.3 Å². The van der Waals surface area contributed by atoms with Crippen LogP contribution in [0.4, 0.5) is 0 Å². The fraction of sp³-hybridized carbons (Fsp3) is 0.312. The van der Waals surface area contributed by atoms with Crippen molar-refractivity contribution in [2.24, 2.45) is 0 Å². The van der Waals surface area contributed by atoms with Gasteiger partial charge in [0.25, 0.3) is 0 Å². The monoisotopic (exact) mass is 304 g/mol. The number of alkyl halides is 1. The van der Waals surface area contributed by atoms with Crippen LogP contribution in [0.15, 0.2) is 29.0 Å². The summed E-state index contributed by atoms with van der Waals surface area (Å²) in [5.74, 6) is 1.68. The zero-order valence-corrected chi connectivity index (χ0v) is 13.3. The first-order valence-corrected chi connectivity index (χ1v) is 8.20. The lowest BCUT2D eigenvalue weighted by Gasteiger charge is -2.08. The molecule has 0 unspecified atom stereocenters. The van der Waals surface area contributed by atoms with Crippen LogP contribution in [0.25, 0.3) is 11.0 Å². The minimum Gasteiger partial charge on any atom is -0.323 e. The second-order valence-corrected chi connectivity index (χ2v) is 6.25. The van der Waals surface area contributed by atoms with Crippen LogP contribution in [-0.2, 0) is 13.0 Å². The maximum atomic E-state index is 5.93. The molecule has 20 heavy (non-hydrogen) atoms. The molecule has 2 nitrogen and oxygen atoms in total. The van der Waals surface area contributed by atoms with Crippen molar-refractivity contribution in [2.75, 3.05) is 5.88 Å². The van der Waals surface area contributed by atoms with Crippen LogP contribution in [0.1, 0.15) is 22.5 Å². The topological polar surface area (TPSA) is 17.8 Å². The Bertz CT molecular complexity index is 742. The fourth-order valence-electron chi connectivity index (χ4n) is 2.46. The number of imidazole rings is 1. The number of fused-ring (bicyclic) bond motifs is 1. The molecule has 3 rings (SSSR count). The van der Waals surface area contributed by atoms with E-state index in [2.05, 4.69) is 47.4 Å². The Morgan fingerprint density at radius 2 is 2.10 bits per heavy atom. The molecular formula is C16H17ClN2S. The summed E-state index contributed by atoms with van der Waals surface area (Å²) < 4.78 is 2.30. The number of hydrogen-bond acceptors (Lipinski definition) is 2. The molecule has 0 N–H and O–H groups in total. The number of thiophene rings is 1. The molecule has 2 aromatic heterocycles.